The minimum absolute atomic E-state index is 0.0863. The number of halogens is 2. The average molecular weight is 372 g/mol. The molecule has 0 radical (unpaired) electrons. The van der Waals surface area contributed by atoms with Crippen molar-refractivity contribution < 1.29 is 9.60 Å². The minimum atomic E-state index is -0.412. The van der Waals surface area contributed by atoms with E-state index in [1.807, 2.05) is 12.4 Å². The summed E-state index contributed by atoms with van der Waals surface area (Å²) >= 11 is 5.10. The molecule has 3 N–H and O–H groups in total. The molecule has 0 saturated heterocycles. The molecule has 2 rings (SSSR count). The SMILES string of the molecule is CN(Cc1cc(Br)cs1)Cc1ccc(F)cc1C(N)=NO. The molecular formula is C14H15BrFN3OS. The minimum Gasteiger partial charge on any atom is -0.409 e. The van der Waals surface area contributed by atoms with Crippen LogP contribution in [0.2, 0.25) is 0 Å². The van der Waals surface area contributed by atoms with Crippen LogP contribution >= 0.6 is 27.3 Å². The Morgan fingerprint density at radius 3 is 2.81 bits per heavy atom. The van der Waals surface area contributed by atoms with E-state index in [4.69, 9.17) is 10.9 Å². The van der Waals surface area contributed by atoms with Crippen molar-refractivity contribution >= 4 is 33.1 Å². The molecule has 0 spiro atoms. The van der Waals surface area contributed by atoms with Crippen LogP contribution in [-0.4, -0.2) is 23.0 Å². The third-order valence-corrected chi connectivity index (χ3v) is 4.63. The first-order valence-corrected chi connectivity index (χ1v) is 7.84. The third-order valence-electron chi connectivity index (χ3n) is 2.94. The fourth-order valence-corrected chi connectivity index (χ4v) is 3.56. The lowest BCUT2D eigenvalue weighted by atomic mass is 10.1. The predicted molar refractivity (Wildman–Crippen MR) is 86.1 cm³/mol. The molecule has 0 bridgehead atoms. The summed E-state index contributed by atoms with van der Waals surface area (Å²) in [5, 5.41) is 13.8. The standard InChI is InChI=1S/C14H15BrFN3OS/c1-19(7-12-4-10(15)8-21-12)6-9-2-3-11(16)5-13(9)14(17)18-20/h2-5,8,20H,6-7H2,1H3,(H2,17,18). The molecule has 1 aromatic heterocycles. The lowest BCUT2D eigenvalue weighted by molar-refractivity contribution is 0.316. The smallest absolute Gasteiger partial charge is 0.170 e. The van der Waals surface area contributed by atoms with Crippen molar-refractivity contribution in [1.82, 2.24) is 4.90 Å². The molecule has 0 fully saturated rings. The summed E-state index contributed by atoms with van der Waals surface area (Å²) in [6.07, 6.45) is 0. The van der Waals surface area contributed by atoms with Crippen LogP contribution in [0.5, 0.6) is 0 Å². The number of rotatable bonds is 5. The van der Waals surface area contributed by atoms with E-state index >= 15 is 0 Å². The van der Waals surface area contributed by atoms with Gasteiger partial charge in [0.05, 0.1) is 0 Å². The molecule has 0 aliphatic heterocycles. The highest BCUT2D eigenvalue weighted by Gasteiger charge is 2.11. The molecule has 21 heavy (non-hydrogen) atoms. The normalized spacial score (nSPS) is 12.1. The molecular weight excluding hydrogens is 357 g/mol. The fraction of sp³-hybridized carbons (Fsp3) is 0.214. The zero-order valence-electron chi connectivity index (χ0n) is 11.4. The number of amidine groups is 1. The summed E-state index contributed by atoms with van der Waals surface area (Å²) in [6.45, 7) is 1.34. The van der Waals surface area contributed by atoms with E-state index in [9.17, 15) is 4.39 Å². The lowest BCUT2D eigenvalue weighted by Crippen LogP contribution is -2.21. The van der Waals surface area contributed by atoms with E-state index in [0.29, 0.717) is 12.1 Å². The van der Waals surface area contributed by atoms with Crippen LogP contribution in [0.4, 0.5) is 4.39 Å². The number of thiophene rings is 1. The monoisotopic (exact) mass is 371 g/mol. The van der Waals surface area contributed by atoms with Crippen LogP contribution in [0.1, 0.15) is 16.0 Å². The molecule has 2 aromatic rings. The van der Waals surface area contributed by atoms with Gasteiger partial charge >= 0.3 is 0 Å². The van der Waals surface area contributed by atoms with Crippen LogP contribution in [-0.2, 0) is 13.1 Å². The van der Waals surface area contributed by atoms with Crippen molar-refractivity contribution in [2.45, 2.75) is 13.1 Å². The maximum atomic E-state index is 13.3. The number of nitrogens with two attached hydrogens (primary N) is 1. The van der Waals surface area contributed by atoms with Gasteiger partial charge in [0.2, 0.25) is 0 Å². The van der Waals surface area contributed by atoms with Crippen molar-refractivity contribution in [2.75, 3.05) is 7.05 Å². The van der Waals surface area contributed by atoms with Gasteiger partial charge in [-0.1, -0.05) is 11.2 Å². The molecule has 0 aliphatic rings. The molecule has 112 valence electrons. The van der Waals surface area contributed by atoms with Crippen LogP contribution < -0.4 is 5.73 Å². The largest absolute Gasteiger partial charge is 0.409 e. The molecule has 1 heterocycles. The van der Waals surface area contributed by atoms with Crippen molar-refractivity contribution in [1.29, 1.82) is 0 Å². The molecule has 0 atom stereocenters. The van der Waals surface area contributed by atoms with Crippen molar-refractivity contribution in [3.63, 3.8) is 0 Å². The second kappa shape index (κ2) is 7.02. The zero-order chi connectivity index (χ0) is 15.4. The van der Waals surface area contributed by atoms with Crippen molar-refractivity contribution in [3.8, 4) is 0 Å². The first kappa shape index (κ1) is 15.9. The summed E-state index contributed by atoms with van der Waals surface area (Å²) in [5.41, 5.74) is 6.83. The van der Waals surface area contributed by atoms with Crippen molar-refractivity contribution in [3.05, 3.63) is 55.9 Å². The number of benzene rings is 1. The molecule has 0 unspecified atom stereocenters. The van der Waals surface area contributed by atoms with E-state index in [0.717, 1.165) is 16.6 Å². The Morgan fingerprint density at radius 1 is 1.43 bits per heavy atom. The van der Waals surface area contributed by atoms with Gasteiger partial charge in [0, 0.05) is 33.4 Å². The van der Waals surface area contributed by atoms with E-state index < -0.39 is 5.82 Å². The fourth-order valence-electron chi connectivity index (χ4n) is 2.03. The van der Waals surface area contributed by atoms with Gasteiger partial charge < -0.3 is 10.9 Å². The third kappa shape index (κ3) is 4.26. The Bertz CT molecular complexity index is 659. The highest BCUT2D eigenvalue weighted by Crippen LogP contribution is 2.22. The Kier molecular flexibility index (Phi) is 5.33. The van der Waals surface area contributed by atoms with Crippen molar-refractivity contribution in [2.24, 2.45) is 10.9 Å². The molecule has 7 heteroatoms. The molecule has 0 saturated carbocycles. The van der Waals surface area contributed by atoms with Gasteiger partial charge in [0.15, 0.2) is 5.84 Å². The Morgan fingerprint density at radius 2 is 2.19 bits per heavy atom. The van der Waals surface area contributed by atoms with Crippen LogP contribution in [0, 0.1) is 5.82 Å². The molecule has 4 nitrogen and oxygen atoms in total. The summed E-state index contributed by atoms with van der Waals surface area (Å²) in [4.78, 5) is 3.30. The lowest BCUT2D eigenvalue weighted by Gasteiger charge is -2.18. The summed E-state index contributed by atoms with van der Waals surface area (Å²) in [6, 6.07) is 6.37. The summed E-state index contributed by atoms with van der Waals surface area (Å²) < 4.78 is 14.4. The topological polar surface area (TPSA) is 61.8 Å². The van der Waals surface area contributed by atoms with Gasteiger partial charge in [-0.25, -0.2) is 4.39 Å². The predicted octanol–water partition coefficient (Wildman–Crippen LogP) is 3.38. The van der Waals surface area contributed by atoms with Crippen LogP contribution in [0.25, 0.3) is 0 Å². The summed E-state index contributed by atoms with van der Waals surface area (Å²) in [5.74, 6) is -0.498. The number of hydrogen-bond acceptors (Lipinski definition) is 4. The first-order valence-electron chi connectivity index (χ1n) is 6.17. The number of oxime groups is 1. The molecule has 0 amide bonds. The number of hydrogen-bond donors (Lipinski definition) is 2. The zero-order valence-corrected chi connectivity index (χ0v) is 13.8. The second-order valence-electron chi connectivity index (χ2n) is 4.69. The molecule has 1 aromatic carbocycles. The van der Waals surface area contributed by atoms with E-state index in [2.05, 4.69) is 32.1 Å². The Balaban J connectivity index is 2.15. The van der Waals surface area contributed by atoms with Crippen LogP contribution in [0.15, 0.2) is 39.3 Å². The van der Waals surface area contributed by atoms with Gasteiger partial charge in [-0.05, 0) is 46.7 Å². The van der Waals surface area contributed by atoms with E-state index in [-0.39, 0.29) is 5.84 Å². The average Bonchev–Trinajstić information content (AvgIpc) is 2.85. The molecule has 0 aliphatic carbocycles. The first-order chi connectivity index (χ1) is 9.99. The van der Waals surface area contributed by atoms with Crippen LogP contribution in [0.3, 0.4) is 0 Å². The van der Waals surface area contributed by atoms with E-state index in [1.165, 1.54) is 17.0 Å². The number of nitrogens with zero attached hydrogens (tertiary/aromatic N) is 2. The quantitative estimate of drug-likeness (QED) is 0.366. The van der Waals surface area contributed by atoms with Gasteiger partial charge in [-0.2, -0.15) is 0 Å². The maximum Gasteiger partial charge on any atom is 0.170 e. The Labute approximate surface area is 134 Å². The highest BCUT2D eigenvalue weighted by atomic mass is 79.9. The highest BCUT2D eigenvalue weighted by molar-refractivity contribution is 9.10. The van der Waals surface area contributed by atoms with E-state index in [1.54, 1.807) is 17.4 Å². The Hall–Kier alpha value is -1.44. The second-order valence-corrected chi connectivity index (χ2v) is 6.60. The van der Waals surface area contributed by atoms with Gasteiger partial charge in [0.25, 0.3) is 0 Å². The maximum absolute atomic E-state index is 13.3. The summed E-state index contributed by atoms with van der Waals surface area (Å²) in [7, 11) is 1.97. The van der Waals surface area contributed by atoms with Gasteiger partial charge in [-0.3, -0.25) is 4.90 Å². The van der Waals surface area contributed by atoms with Gasteiger partial charge in [0.1, 0.15) is 5.82 Å². The van der Waals surface area contributed by atoms with Gasteiger partial charge in [-0.15, -0.1) is 11.3 Å².